The van der Waals surface area contributed by atoms with Crippen molar-refractivity contribution in [2.75, 3.05) is 26.7 Å². The summed E-state index contributed by atoms with van der Waals surface area (Å²) in [5.74, 6) is 0. The van der Waals surface area contributed by atoms with Crippen LogP contribution in [0.25, 0.3) is 0 Å². The fourth-order valence-electron chi connectivity index (χ4n) is 2.24. The third-order valence-electron chi connectivity index (χ3n) is 3.36. The van der Waals surface area contributed by atoms with Crippen LogP contribution in [0.15, 0.2) is 0 Å². The van der Waals surface area contributed by atoms with Gasteiger partial charge >= 0.3 is 6.09 Å². The summed E-state index contributed by atoms with van der Waals surface area (Å²) in [5, 5.41) is 13.0. The number of aliphatic hydroxyl groups excluding tert-OH is 1. The molecule has 2 N–H and O–H groups in total. The maximum atomic E-state index is 12.2. The molecule has 0 heterocycles. The first-order chi connectivity index (χ1) is 10.4. The summed E-state index contributed by atoms with van der Waals surface area (Å²) in [6.45, 7) is 14.7. The second-order valence-corrected chi connectivity index (χ2v) is 7.80. The van der Waals surface area contributed by atoms with Crippen molar-refractivity contribution in [3.05, 3.63) is 0 Å². The van der Waals surface area contributed by atoms with Gasteiger partial charge in [0.1, 0.15) is 5.60 Å². The van der Waals surface area contributed by atoms with Gasteiger partial charge in [-0.3, -0.25) is 0 Å². The smallest absolute Gasteiger partial charge is 0.410 e. The van der Waals surface area contributed by atoms with Crippen LogP contribution in [0, 0.1) is 0 Å². The van der Waals surface area contributed by atoms with Crippen LogP contribution >= 0.6 is 0 Å². The van der Waals surface area contributed by atoms with Crippen molar-refractivity contribution in [1.82, 2.24) is 10.2 Å². The second kappa shape index (κ2) is 9.45. The Balaban J connectivity index is 4.43. The van der Waals surface area contributed by atoms with E-state index >= 15 is 0 Å². The third-order valence-corrected chi connectivity index (χ3v) is 3.36. The molecular weight excluding hydrogens is 296 g/mol. The summed E-state index contributed by atoms with van der Waals surface area (Å²) in [4.78, 5) is 13.7. The van der Waals surface area contributed by atoms with Gasteiger partial charge in [0.25, 0.3) is 0 Å². The van der Waals surface area contributed by atoms with E-state index in [9.17, 15) is 9.90 Å². The molecule has 0 rings (SSSR count). The number of hydrogen-bond acceptors (Lipinski definition) is 5. The van der Waals surface area contributed by atoms with E-state index in [4.69, 9.17) is 9.47 Å². The molecule has 0 saturated heterocycles. The molecule has 0 aliphatic carbocycles. The average Bonchev–Trinajstić information content (AvgIpc) is 2.34. The molecule has 0 saturated carbocycles. The molecule has 2 atom stereocenters. The fraction of sp³-hybridized carbons (Fsp3) is 0.941. The van der Waals surface area contributed by atoms with Crippen molar-refractivity contribution in [1.29, 1.82) is 0 Å². The summed E-state index contributed by atoms with van der Waals surface area (Å²) >= 11 is 0. The summed E-state index contributed by atoms with van der Waals surface area (Å²) in [7, 11) is 1.71. The molecule has 0 radical (unpaired) electrons. The normalized spacial score (nSPS) is 15.2. The molecule has 138 valence electrons. The zero-order valence-corrected chi connectivity index (χ0v) is 16.1. The van der Waals surface area contributed by atoms with Crippen molar-refractivity contribution in [2.24, 2.45) is 0 Å². The first-order valence-electron chi connectivity index (χ1n) is 8.31. The van der Waals surface area contributed by atoms with Crippen LogP contribution in [0.3, 0.4) is 0 Å². The highest BCUT2D eigenvalue weighted by molar-refractivity contribution is 5.68. The van der Waals surface area contributed by atoms with E-state index in [1.807, 2.05) is 34.6 Å². The Morgan fingerprint density at radius 1 is 1.22 bits per heavy atom. The molecule has 0 spiro atoms. The summed E-state index contributed by atoms with van der Waals surface area (Å²) in [5.41, 5.74) is -0.728. The van der Waals surface area contributed by atoms with Gasteiger partial charge in [-0.2, -0.15) is 0 Å². The average molecular weight is 332 g/mol. The summed E-state index contributed by atoms with van der Waals surface area (Å²) in [6, 6.07) is 0.261. The lowest BCUT2D eigenvalue weighted by Gasteiger charge is -2.30. The van der Waals surface area contributed by atoms with Gasteiger partial charge in [0, 0.05) is 32.8 Å². The summed E-state index contributed by atoms with van der Waals surface area (Å²) in [6.07, 6.45) is -0.121. The number of methoxy groups -OCH3 is 1. The standard InChI is InChI=1S/C17H36N2O4/c1-13(11-17(6,7)22-8)18-9-10-19(12-14(2)20)15(21)23-16(3,4)5/h13-14,18,20H,9-12H2,1-8H3. The predicted octanol–water partition coefficient (Wildman–Crippen LogP) is 2.40. The Labute approximate surface area is 141 Å². The van der Waals surface area contributed by atoms with Crippen molar-refractivity contribution in [2.45, 2.75) is 78.2 Å². The molecule has 0 aliphatic rings. The Morgan fingerprint density at radius 2 is 1.78 bits per heavy atom. The zero-order chi connectivity index (χ0) is 18.3. The van der Waals surface area contributed by atoms with Gasteiger partial charge in [-0.25, -0.2) is 4.79 Å². The zero-order valence-electron chi connectivity index (χ0n) is 16.1. The van der Waals surface area contributed by atoms with Crippen molar-refractivity contribution >= 4 is 6.09 Å². The van der Waals surface area contributed by atoms with Crippen molar-refractivity contribution in [3.63, 3.8) is 0 Å². The van der Waals surface area contributed by atoms with Crippen LogP contribution in [0.1, 0.15) is 54.9 Å². The molecule has 0 aliphatic heterocycles. The van der Waals surface area contributed by atoms with Gasteiger partial charge in [0.05, 0.1) is 11.7 Å². The Kier molecular flexibility index (Phi) is 9.10. The van der Waals surface area contributed by atoms with Crippen molar-refractivity contribution in [3.8, 4) is 0 Å². The lowest BCUT2D eigenvalue weighted by molar-refractivity contribution is 0.00679. The molecule has 6 nitrogen and oxygen atoms in total. The third kappa shape index (κ3) is 11.3. The van der Waals surface area contributed by atoms with Crippen LogP contribution < -0.4 is 5.32 Å². The van der Waals surface area contributed by atoms with Gasteiger partial charge in [0.2, 0.25) is 0 Å². The van der Waals surface area contributed by atoms with E-state index in [2.05, 4.69) is 12.2 Å². The fourth-order valence-corrected chi connectivity index (χ4v) is 2.24. The lowest BCUT2D eigenvalue weighted by atomic mass is 10.00. The van der Waals surface area contributed by atoms with Crippen LogP contribution in [0.5, 0.6) is 0 Å². The maximum Gasteiger partial charge on any atom is 0.410 e. The minimum absolute atomic E-state index is 0.184. The van der Waals surface area contributed by atoms with E-state index in [1.54, 1.807) is 14.0 Å². The molecule has 2 unspecified atom stereocenters. The predicted molar refractivity (Wildman–Crippen MR) is 92.7 cm³/mol. The van der Waals surface area contributed by atoms with Crippen LogP contribution in [-0.2, 0) is 9.47 Å². The van der Waals surface area contributed by atoms with E-state index in [0.717, 1.165) is 6.42 Å². The number of aliphatic hydroxyl groups is 1. The van der Waals surface area contributed by atoms with Gasteiger partial charge in [-0.15, -0.1) is 0 Å². The van der Waals surface area contributed by atoms with E-state index in [0.29, 0.717) is 13.1 Å². The number of amides is 1. The van der Waals surface area contributed by atoms with Crippen LogP contribution in [0.2, 0.25) is 0 Å². The molecule has 0 aromatic heterocycles. The highest BCUT2D eigenvalue weighted by Gasteiger charge is 2.24. The minimum atomic E-state index is -0.590. The van der Waals surface area contributed by atoms with Gasteiger partial charge in [-0.05, 0) is 54.9 Å². The first kappa shape index (κ1) is 22.1. The maximum absolute atomic E-state index is 12.2. The van der Waals surface area contributed by atoms with Crippen LogP contribution in [0.4, 0.5) is 4.79 Å². The number of carbonyl (C=O) groups is 1. The SMILES string of the molecule is COC(C)(C)CC(C)NCCN(CC(C)O)C(=O)OC(C)(C)C. The number of rotatable bonds is 9. The topological polar surface area (TPSA) is 71.0 Å². The Hall–Kier alpha value is -0.850. The highest BCUT2D eigenvalue weighted by atomic mass is 16.6. The molecule has 0 bridgehead atoms. The molecular formula is C17H36N2O4. The molecule has 0 aromatic carbocycles. The number of carbonyl (C=O) groups excluding carboxylic acids is 1. The largest absolute Gasteiger partial charge is 0.444 e. The van der Waals surface area contributed by atoms with Gasteiger partial charge in [-0.1, -0.05) is 0 Å². The molecule has 0 fully saturated rings. The number of nitrogens with one attached hydrogen (secondary N) is 1. The summed E-state index contributed by atoms with van der Waals surface area (Å²) < 4.78 is 10.8. The number of ether oxygens (including phenoxy) is 2. The Bertz CT molecular complexity index is 351. The quantitative estimate of drug-likeness (QED) is 0.678. The van der Waals surface area contributed by atoms with E-state index in [-0.39, 0.29) is 18.2 Å². The molecule has 0 aromatic rings. The molecule has 23 heavy (non-hydrogen) atoms. The van der Waals surface area contributed by atoms with E-state index in [1.165, 1.54) is 4.90 Å². The lowest BCUT2D eigenvalue weighted by Crippen LogP contribution is -2.45. The van der Waals surface area contributed by atoms with Crippen molar-refractivity contribution < 1.29 is 19.4 Å². The monoisotopic (exact) mass is 332 g/mol. The number of hydrogen-bond donors (Lipinski definition) is 2. The molecule has 6 heteroatoms. The van der Waals surface area contributed by atoms with Crippen LogP contribution in [-0.4, -0.2) is 66.2 Å². The van der Waals surface area contributed by atoms with Gasteiger partial charge in [0.15, 0.2) is 0 Å². The Morgan fingerprint density at radius 3 is 2.22 bits per heavy atom. The van der Waals surface area contributed by atoms with E-state index < -0.39 is 17.8 Å². The minimum Gasteiger partial charge on any atom is -0.444 e. The second-order valence-electron chi connectivity index (χ2n) is 7.80. The first-order valence-corrected chi connectivity index (χ1v) is 8.31. The molecule has 1 amide bonds. The van der Waals surface area contributed by atoms with Gasteiger partial charge < -0.3 is 24.8 Å². The number of nitrogens with zero attached hydrogens (tertiary/aromatic N) is 1. The highest BCUT2D eigenvalue weighted by Crippen LogP contribution is 2.15.